The number of alkyl carbamates (subject to hydrolysis) is 1. The van der Waals surface area contributed by atoms with Crippen molar-refractivity contribution in [3.05, 3.63) is 70.7 Å². The first-order chi connectivity index (χ1) is 9.24. The quantitative estimate of drug-likeness (QED) is 0.922. The Kier molecular flexibility index (Phi) is 4.81. The van der Waals surface area contributed by atoms with Gasteiger partial charge in [0.2, 0.25) is 0 Å². The molecular formula is C15H14ClNO2. The van der Waals surface area contributed by atoms with Crippen molar-refractivity contribution in [3.63, 3.8) is 0 Å². The lowest BCUT2D eigenvalue weighted by Crippen LogP contribution is -2.23. The van der Waals surface area contributed by atoms with Crippen LogP contribution in [-0.4, -0.2) is 6.09 Å². The number of benzene rings is 2. The summed E-state index contributed by atoms with van der Waals surface area (Å²) in [6.45, 7) is 0.693. The van der Waals surface area contributed by atoms with Crippen LogP contribution in [0.4, 0.5) is 4.79 Å². The molecule has 2 rings (SSSR count). The Morgan fingerprint density at radius 3 is 2.37 bits per heavy atom. The fraction of sp³-hybridized carbons (Fsp3) is 0.133. The van der Waals surface area contributed by atoms with E-state index in [4.69, 9.17) is 16.3 Å². The molecule has 0 aliphatic carbocycles. The zero-order chi connectivity index (χ0) is 13.5. The standard InChI is InChI=1S/C15H14ClNO2/c16-14-8-6-12(7-9-14)10-17-15(18)19-11-13-4-2-1-3-5-13/h1-9H,10-11H2,(H,17,18). The second kappa shape index (κ2) is 6.81. The minimum Gasteiger partial charge on any atom is -0.445 e. The van der Waals surface area contributed by atoms with Crippen molar-refractivity contribution in [3.8, 4) is 0 Å². The summed E-state index contributed by atoms with van der Waals surface area (Å²) in [7, 11) is 0. The lowest BCUT2D eigenvalue weighted by Gasteiger charge is -2.07. The van der Waals surface area contributed by atoms with Crippen LogP contribution in [-0.2, 0) is 17.9 Å². The molecular weight excluding hydrogens is 262 g/mol. The van der Waals surface area contributed by atoms with Crippen LogP contribution in [0.25, 0.3) is 0 Å². The zero-order valence-corrected chi connectivity index (χ0v) is 11.1. The number of carbonyl (C=O) groups is 1. The number of halogens is 1. The van der Waals surface area contributed by atoms with E-state index in [1.807, 2.05) is 42.5 Å². The third kappa shape index (κ3) is 4.64. The molecule has 1 amide bonds. The largest absolute Gasteiger partial charge is 0.445 e. The Morgan fingerprint density at radius 2 is 1.68 bits per heavy atom. The van der Waals surface area contributed by atoms with Crippen LogP contribution in [0.5, 0.6) is 0 Å². The van der Waals surface area contributed by atoms with Crippen molar-refractivity contribution >= 4 is 17.7 Å². The van der Waals surface area contributed by atoms with Gasteiger partial charge in [-0.3, -0.25) is 0 Å². The molecule has 0 heterocycles. The van der Waals surface area contributed by atoms with Crippen molar-refractivity contribution < 1.29 is 9.53 Å². The van der Waals surface area contributed by atoms with Crippen LogP contribution in [0.15, 0.2) is 54.6 Å². The first-order valence-corrected chi connectivity index (χ1v) is 6.31. The summed E-state index contributed by atoms with van der Waals surface area (Å²) in [5.41, 5.74) is 1.94. The molecule has 0 aliphatic rings. The predicted molar refractivity (Wildman–Crippen MR) is 74.9 cm³/mol. The topological polar surface area (TPSA) is 38.3 Å². The number of nitrogens with one attached hydrogen (secondary N) is 1. The molecule has 0 saturated heterocycles. The fourth-order valence-electron chi connectivity index (χ4n) is 1.55. The van der Waals surface area contributed by atoms with Crippen molar-refractivity contribution in [2.75, 3.05) is 0 Å². The van der Waals surface area contributed by atoms with Gasteiger partial charge < -0.3 is 10.1 Å². The van der Waals surface area contributed by atoms with Crippen molar-refractivity contribution in [1.82, 2.24) is 5.32 Å². The smallest absolute Gasteiger partial charge is 0.407 e. The lowest BCUT2D eigenvalue weighted by atomic mass is 10.2. The van der Waals surface area contributed by atoms with Crippen LogP contribution in [0.1, 0.15) is 11.1 Å². The normalized spacial score (nSPS) is 9.95. The van der Waals surface area contributed by atoms with E-state index in [1.165, 1.54) is 0 Å². The van der Waals surface area contributed by atoms with Gasteiger partial charge >= 0.3 is 6.09 Å². The summed E-state index contributed by atoms with van der Waals surface area (Å²) >= 11 is 5.78. The van der Waals surface area contributed by atoms with Crippen molar-refractivity contribution in [2.45, 2.75) is 13.2 Å². The molecule has 4 heteroatoms. The molecule has 98 valence electrons. The lowest BCUT2D eigenvalue weighted by molar-refractivity contribution is 0.139. The van der Waals surface area contributed by atoms with Gasteiger partial charge in [-0.25, -0.2) is 4.79 Å². The Hall–Kier alpha value is -2.00. The van der Waals surface area contributed by atoms with E-state index in [0.717, 1.165) is 11.1 Å². The van der Waals surface area contributed by atoms with E-state index >= 15 is 0 Å². The molecule has 0 bridgehead atoms. The van der Waals surface area contributed by atoms with Crippen molar-refractivity contribution in [1.29, 1.82) is 0 Å². The summed E-state index contributed by atoms with van der Waals surface area (Å²) in [5.74, 6) is 0. The zero-order valence-electron chi connectivity index (χ0n) is 10.3. The maximum Gasteiger partial charge on any atom is 0.407 e. The maximum absolute atomic E-state index is 11.5. The number of amides is 1. The van der Waals surface area contributed by atoms with Crippen LogP contribution >= 0.6 is 11.6 Å². The molecule has 0 atom stereocenters. The SMILES string of the molecule is O=C(NCc1ccc(Cl)cc1)OCc1ccccc1. The van der Waals surface area contributed by atoms with E-state index in [0.29, 0.717) is 11.6 Å². The van der Waals surface area contributed by atoms with Gasteiger partial charge in [-0.1, -0.05) is 54.1 Å². The van der Waals surface area contributed by atoms with Gasteiger partial charge in [0, 0.05) is 11.6 Å². The Bertz CT molecular complexity index is 526. The van der Waals surface area contributed by atoms with E-state index in [1.54, 1.807) is 12.1 Å². The molecule has 0 fully saturated rings. The fourth-order valence-corrected chi connectivity index (χ4v) is 1.68. The predicted octanol–water partition coefficient (Wildman–Crippen LogP) is 3.77. The summed E-state index contributed by atoms with van der Waals surface area (Å²) in [6, 6.07) is 16.8. The van der Waals surface area contributed by atoms with Crippen LogP contribution in [0.2, 0.25) is 5.02 Å². The average Bonchev–Trinajstić information content (AvgIpc) is 2.45. The first-order valence-electron chi connectivity index (χ1n) is 5.93. The summed E-state index contributed by atoms with van der Waals surface area (Å²) in [6.07, 6.45) is -0.432. The Morgan fingerprint density at radius 1 is 1.00 bits per heavy atom. The van der Waals surface area contributed by atoms with E-state index in [9.17, 15) is 4.79 Å². The second-order valence-corrected chi connectivity index (χ2v) is 4.48. The van der Waals surface area contributed by atoms with Gasteiger partial charge in [0.15, 0.2) is 0 Å². The minimum atomic E-state index is -0.432. The molecule has 3 nitrogen and oxygen atoms in total. The molecule has 0 aliphatic heterocycles. The molecule has 19 heavy (non-hydrogen) atoms. The molecule has 0 saturated carbocycles. The maximum atomic E-state index is 11.5. The highest BCUT2D eigenvalue weighted by Gasteiger charge is 2.02. The number of ether oxygens (including phenoxy) is 1. The number of rotatable bonds is 4. The first kappa shape index (κ1) is 13.4. The molecule has 0 aromatic heterocycles. The molecule has 0 radical (unpaired) electrons. The minimum absolute atomic E-state index is 0.271. The molecule has 2 aromatic rings. The summed E-state index contributed by atoms with van der Waals surface area (Å²) in [4.78, 5) is 11.5. The highest BCUT2D eigenvalue weighted by molar-refractivity contribution is 6.30. The molecule has 0 unspecified atom stereocenters. The summed E-state index contributed by atoms with van der Waals surface area (Å²) in [5, 5.41) is 3.36. The number of carbonyl (C=O) groups excluding carboxylic acids is 1. The van der Waals surface area contributed by atoms with Gasteiger partial charge in [0.05, 0.1) is 0 Å². The highest BCUT2D eigenvalue weighted by Crippen LogP contribution is 2.09. The van der Waals surface area contributed by atoms with Gasteiger partial charge in [-0.2, -0.15) is 0 Å². The second-order valence-electron chi connectivity index (χ2n) is 4.04. The van der Waals surface area contributed by atoms with Gasteiger partial charge in [0.25, 0.3) is 0 Å². The third-order valence-electron chi connectivity index (χ3n) is 2.56. The van der Waals surface area contributed by atoms with Crippen LogP contribution < -0.4 is 5.32 Å². The molecule has 0 spiro atoms. The van der Waals surface area contributed by atoms with Crippen molar-refractivity contribution in [2.24, 2.45) is 0 Å². The Balaban J connectivity index is 1.74. The van der Waals surface area contributed by atoms with Gasteiger partial charge in [-0.15, -0.1) is 0 Å². The van der Waals surface area contributed by atoms with E-state index in [-0.39, 0.29) is 6.61 Å². The number of hydrogen-bond donors (Lipinski definition) is 1. The van der Waals surface area contributed by atoms with E-state index < -0.39 is 6.09 Å². The number of hydrogen-bond acceptors (Lipinski definition) is 2. The Labute approximate surface area is 117 Å². The highest BCUT2D eigenvalue weighted by atomic mass is 35.5. The molecule has 1 N–H and O–H groups in total. The summed E-state index contributed by atoms with van der Waals surface area (Å²) < 4.78 is 5.10. The van der Waals surface area contributed by atoms with Crippen LogP contribution in [0.3, 0.4) is 0 Å². The van der Waals surface area contributed by atoms with Gasteiger partial charge in [-0.05, 0) is 23.3 Å². The third-order valence-corrected chi connectivity index (χ3v) is 2.81. The average molecular weight is 276 g/mol. The molecule has 2 aromatic carbocycles. The van der Waals surface area contributed by atoms with E-state index in [2.05, 4.69) is 5.32 Å². The van der Waals surface area contributed by atoms with Crippen LogP contribution in [0, 0.1) is 0 Å². The van der Waals surface area contributed by atoms with Gasteiger partial charge in [0.1, 0.15) is 6.61 Å². The monoisotopic (exact) mass is 275 g/mol.